The van der Waals surface area contributed by atoms with Crippen molar-refractivity contribution < 1.29 is 0 Å². The van der Waals surface area contributed by atoms with Gasteiger partial charge in [-0.05, 0) is 25.0 Å². The Labute approximate surface area is 85.3 Å². The van der Waals surface area contributed by atoms with Crippen LogP contribution >= 0.6 is 0 Å². The van der Waals surface area contributed by atoms with Crippen LogP contribution in [-0.2, 0) is 6.54 Å². The Hall–Kier alpha value is -1.15. The summed E-state index contributed by atoms with van der Waals surface area (Å²) in [5.41, 5.74) is 2.56. The third-order valence-electron chi connectivity index (χ3n) is 2.67. The van der Waals surface area contributed by atoms with Gasteiger partial charge in [0.1, 0.15) is 0 Å². The molecule has 1 fully saturated rings. The van der Waals surface area contributed by atoms with E-state index in [-0.39, 0.29) is 0 Å². The summed E-state index contributed by atoms with van der Waals surface area (Å²) in [6.07, 6.45) is 4.15. The standard InChI is InChI=1S/C12H16N2/c1-11-5-8-14(9-6-11)10-12-4-2-3-7-13-12/h2-4,7H,1,5-6,8-10H2. The molecule has 1 aromatic rings. The zero-order valence-corrected chi connectivity index (χ0v) is 8.45. The third kappa shape index (κ3) is 2.42. The van der Waals surface area contributed by atoms with Crippen LogP contribution in [0.3, 0.4) is 0 Å². The van der Waals surface area contributed by atoms with E-state index in [9.17, 15) is 0 Å². The highest BCUT2D eigenvalue weighted by atomic mass is 15.1. The van der Waals surface area contributed by atoms with Crippen molar-refractivity contribution in [3.8, 4) is 0 Å². The van der Waals surface area contributed by atoms with Crippen LogP contribution in [0.1, 0.15) is 18.5 Å². The summed E-state index contributed by atoms with van der Waals surface area (Å²) in [5.74, 6) is 0. The van der Waals surface area contributed by atoms with Crippen molar-refractivity contribution in [2.45, 2.75) is 19.4 Å². The van der Waals surface area contributed by atoms with Crippen molar-refractivity contribution >= 4 is 0 Å². The lowest BCUT2D eigenvalue weighted by Crippen LogP contribution is -2.30. The van der Waals surface area contributed by atoms with Gasteiger partial charge in [0.15, 0.2) is 0 Å². The second-order valence-electron chi connectivity index (χ2n) is 3.85. The van der Waals surface area contributed by atoms with E-state index in [1.165, 1.54) is 11.3 Å². The molecule has 1 aliphatic rings. The van der Waals surface area contributed by atoms with Crippen LogP contribution in [0.15, 0.2) is 36.5 Å². The molecule has 74 valence electrons. The number of nitrogens with zero attached hydrogens (tertiary/aromatic N) is 2. The lowest BCUT2D eigenvalue weighted by Gasteiger charge is -2.27. The highest BCUT2D eigenvalue weighted by molar-refractivity contribution is 5.05. The molecular formula is C12H16N2. The normalized spacial score (nSPS) is 18.4. The van der Waals surface area contributed by atoms with Crippen LogP contribution in [0.25, 0.3) is 0 Å². The van der Waals surface area contributed by atoms with Gasteiger partial charge < -0.3 is 0 Å². The summed E-state index contributed by atoms with van der Waals surface area (Å²) in [7, 11) is 0. The highest BCUT2D eigenvalue weighted by Gasteiger charge is 2.12. The fourth-order valence-electron chi connectivity index (χ4n) is 1.75. The van der Waals surface area contributed by atoms with Crippen molar-refractivity contribution in [1.82, 2.24) is 9.88 Å². The first-order valence-corrected chi connectivity index (χ1v) is 5.13. The lowest BCUT2D eigenvalue weighted by molar-refractivity contribution is 0.246. The second-order valence-corrected chi connectivity index (χ2v) is 3.85. The smallest absolute Gasteiger partial charge is 0.0543 e. The number of rotatable bonds is 2. The molecule has 0 amide bonds. The van der Waals surface area contributed by atoms with Gasteiger partial charge in [0, 0.05) is 25.8 Å². The molecule has 2 nitrogen and oxygen atoms in total. The maximum absolute atomic E-state index is 4.33. The average Bonchev–Trinajstić information content (AvgIpc) is 2.23. The van der Waals surface area contributed by atoms with Gasteiger partial charge in [-0.1, -0.05) is 18.2 Å². The predicted molar refractivity (Wildman–Crippen MR) is 57.9 cm³/mol. The zero-order valence-electron chi connectivity index (χ0n) is 8.45. The fourth-order valence-corrected chi connectivity index (χ4v) is 1.75. The van der Waals surface area contributed by atoms with E-state index >= 15 is 0 Å². The summed E-state index contributed by atoms with van der Waals surface area (Å²) in [4.78, 5) is 6.77. The number of piperidine rings is 1. The Bertz CT molecular complexity index is 295. The predicted octanol–water partition coefficient (Wildman–Crippen LogP) is 2.23. The zero-order chi connectivity index (χ0) is 9.80. The molecule has 2 heterocycles. The summed E-state index contributed by atoms with van der Waals surface area (Å²) in [5, 5.41) is 0. The van der Waals surface area contributed by atoms with Crippen molar-refractivity contribution in [3.63, 3.8) is 0 Å². The monoisotopic (exact) mass is 188 g/mol. The van der Waals surface area contributed by atoms with Gasteiger partial charge >= 0.3 is 0 Å². The SMILES string of the molecule is C=C1CCN(Cc2ccccn2)CC1. The minimum atomic E-state index is 0.980. The molecule has 14 heavy (non-hydrogen) atoms. The summed E-state index contributed by atoms with van der Waals surface area (Å²) in [6.45, 7) is 7.26. The first-order valence-electron chi connectivity index (χ1n) is 5.13. The van der Waals surface area contributed by atoms with Crippen molar-refractivity contribution in [2.24, 2.45) is 0 Å². The molecular weight excluding hydrogens is 172 g/mol. The average molecular weight is 188 g/mol. The van der Waals surface area contributed by atoms with Gasteiger partial charge in [-0.2, -0.15) is 0 Å². The van der Waals surface area contributed by atoms with E-state index < -0.39 is 0 Å². The molecule has 0 bridgehead atoms. The molecule has 1 aliphatic heterocycles. The number of aromatic nitrogens is 1. The van der Waals surface area contributed by atoms with E-state index in [1.54, 1.807) is 0 Å². The minimum Gasteiger partial charge on any atom is -0.297 e. The Morgan fingerprint density at radius 3 is 2.71 bits per heavy atom. The lowest BCUT2D eigenvalue weighted by atomic mass is 10.1. The molecule has 0 N–H and O–H groups in total. The van der Waals surface area contributed by atoms with Crippen molar-refractivity contribution in [2.75, 3.05) is 13.1 Å². The number of hydrogen-bond acceptors (Lipinski definition) is 2. The van der Waals surface area contributed by atoms with Crippen molar-refractivity contribution in [1.29, 1.82) is 0 Å². The summed E-state index contributed by atoms with van der Waals surface area (Å²) < 4.78 is 0. The maximum Gasteiger partial charge on any atom is 0.0543 e. The Balaban J connectivity index is 1.89. The third-order valence-corrected chi connectivity index (χ3v) is 2.67. The number of hydrogen-bond donors (Lipinski definition) is 0. The van der Waals surface area contributed by atoms with Crippen LogP contribution in [0, 0.1) is 0 Å². The first kappa shape index (κ1) is 9.41. The number of pyridine rings is 1. The minimum absolute atomic E-state index is 0.980. The van der Waals surface area contributed by atoms with Crippen molar-refractivity contribution in [3.05, 3.63) is 42.2 Å². The maximum atomic E-state index is 4.33. The van der Waals surface area contributed by atoms with E-state index in [2.05, 4.69) is 22.5 Å². The topological polar surface area (TPSA) is 16.1 Å². The fraction of sp³-hybridized carbons (Fsp3) is 0.417. The number of likely N-dealkylation sites (tertiary alicyclic amines) is 1. The van der Waals surface area contributed by atoms with Crippen LogP contribution in [-0.4, -0.2) is 23.0 Å². The van der Waals surface area contributed by atoms with Gasteiger partial charge in [0.2, 0.25) is 0 Å². The van der Waals surface area contributed by atoms with Gasteiger partial charge in [-0.25, -0.2) is 0 Å². The van der Waals surface area contributed by atoms with E-state index in [4.69, 9.17) is 0 Å². The molecule has 1 aromatic heterocycles. The molecule has 0 unspecified atom stereocenters. The molecule has 0 radical (unpaired) electrons. The van der Waals surface area contributed by atoms with Gasteiger partial charge in [0.25, 0.3) is 0 Å². The van der Waals surface area contributed by atoms with E-state index in [1.807, 2.05) is 18.3 Å². The molecule has 0 atom stereocenters. The van der Waals surface area contributed by atoms with E-state index in [0.717, 1.165) is 32.5 Å². The second kappa shape index (κ2) is 4.38. The van der Waals surface area contributed by atoms with Gasteiger partial charge in [0.05, 0.1) is 5.69 Å². The van der Waals surface area contributed by atoms with Gasteiger partial charge in [-0.15, -0.1) is 0 Å². The molecule has 1 saturated heterocycles. The first-order chi connectivity index (χ1) is 6.84. The Kier molecular flexibility index (Phi) is 2.94. The quantitative estimate of drug-likeness (QED) is 0.662. The summed E-state index contributed by atoms with van der Waals surface area (Å²) in [6, 6.07) is 6.09. The van der Waals surface area contributed by atoms with Crippen LogP contribution in [0.2, 0.25) is 0 Å². The summed E-state index contributed by atoms with van der Waals surface area (Å²) >= 11 is 0. The molecule has 0 saturated carbocycles. The molecule has 0 aromatic carbocycles. The largest absolute Gasteiger partial charge is 0.297 e. The van der Waals surface area contributed by atoms with Crippen LogP contribution < -0.4 is 0 Å². The molecule has 2 rings (SSSR count). The Morgan fingerprint density at radius 1 is 1.29 bits per heavy atom. The van der Waals surface area contributed by atoms with Gasteiger partial charge in [-0.3, -0.25) is 9.88 Å². The molecule has 2 heteroatoms. The highest BCUT2D eigenvalue weighted by Crippen LogP contribution is 2.15. The van der Waals surface area contributed by atoms with Crippen LogP contribution in [0.4, 0.5) is 0 Å². The Morgan fingerprint density at radius 2 is 2.07 bits per heavy atom. The van der Waals surface area contributed by atoms with E-state index in [0.29, 0.717) is 0 Å². The molecule has 0 aliphatic carbocycles. The molecule has 0 spiro atoms. The van der Waals surface area contributed by atoms with Crippen LogP contribution in [0.5, 0.6) is 0 Å².